The summed E-state index contributed by atoms with van der Waals surface area (Å²) in [5.41, 5.74) is 0.755. The minimum absolute atomic E-state index is 0.00370. The first-order valence-electron chi connectivity index (χ1n) is 9.31. The van der Waals surface area contributed by atoms with E-state index in [4.69, 9.17) is 9.47 Å². The van der Waals surface area contributed by atoms with Gasteiger partial charge in [0.25, 0.3) is 0 Å². The molecule has 8 heteroatoms. The van der Waals surface area contributed by atoms with Gasteiger partial charge in [0.2, 0.25) is 17.7 Å². The van der Waals surface area contributed by atoms with Crippen LogP contribution in [-0.2, 0) is 9.59 Å². The predicted octanol–water partition coefficient (Wildman–Crippen LogP) is 1.52. The fraction of sp³-hybridized carbons (Fsp3) is 0.400. The standard InChI is InChI=1S/C20H22N4O4/c1-27-16-5-2-4-15(11-16)24-12-14(10-19(24)25)20(26)23-9-7-17(13-23)28-18-6-3-8-21-22-18/h2-6,8,11,14,17H,7,9-10,12-13H2,1H3/t14-,17+/m1/s1. The second-order valence-corrected chi connectivity index (χ2v) is 6.98. The first-order valence-corrected chi connectivity index (χ1v) is 9.31. The van der Waals surface area contributed by atoms with Crippen LogP contribution in [0, 0.1) is 5.92 Å². The number of nitrogens with zero attached hydrogens (tertiary/aromatic N) is 4. The van der Waals surface area contributed by atoms with E-state index in [1.165, 1.54) is 0 Å². The maximum Gasteiger partial charge on any atom is 0.233 e. The normalized spacial score (nSPS) is 21.8. The molecule has 2 saturated heterocycles. The van der Waals surface area contributed by atoms with Gasteiger partial charge in [-0.2, -0.15) is 5.10 Å². The van der Waals surface area contributed by atoms with Gasteiger partial charge in [0, 0.05) is 49.9 Å². The maximum absolute atomic E-state index is 12.9. The zero-order chi connectivity index (χ0) is 19.5. The lowest BCUT2D eigenvalue weighted by atomic mass is 10.1. The Bertz CT molecular complexity index is 860. The van der Waals surface area contributed by atoms with E-state index in [1.54, 1.807) is 35.2 Å². The van der Waals surface area contributed by atoms with E-state index in [1.807, 2.05) is 24.3 Å². The number of anilines is 1. The van der Waals surface area contributed by atoms with Gasteiger partial charge in [0.1, 0.15) is 11.9 Å². The van der Waals surface area contributed by atoms with Crippen LogP contribution in [0.5, 0.6) is 11.6 Å². The number of likely N-dealkylation sites (tertiary alicyclic amines) is 1. The van der Waals surface area contributed by atoms with Crippen LogP contribution in [0.4, 0.5) is 5.69 Å². The Hall–Kier alpha value is -3.16. The third-order valence-electron chi connectivity index (χ3n) is 5.13. The smallest absolute Gasteiger partial charge is 0.233 e. The number of amides is 2. The summed E-state index contributed by atoms with van der Waals surface area (Å²) < 4.78 is 11.0. The van der Waals surface area contributed by atoms with E-state index < -0.39 is 0 Å². The number of aromatic nitrogens is 2. The third kappa shape index (κ3) is 3.76. The van der Waals surface area contributed by atoms with Gasteiger partial charge in [-0.1, -0.05) is 6.07 Å². The van der Waals surface area contributed by atoms with Gasteiger partial charge in [0.15, 0.2) is 0 Å². The van der Waals surface area contributed by atoms with E-state index in [0.717, 1.165) is 12.1 Å². The average Bonchev–Trinajstić information content (AvgIpc) is 3.35. The molecule has 0 saturated carbocycles. The molecule has 1 aromatic carbocycles. The van der Waals surface area contributed by atoms with Crippen molar-refractivity contribution < 1.29 is 19.1 Å². The lowest BCUT2D eigenvalue weighted by Gasteiger charge is -2.21. The summed E-state index contributed by atoms with van der Waals surface area (Å²) in [4.78, 5) is 28.9. The number of carbonyl (C=O) groups is 2. The molecule has 2 amide bonds. The average molecular weight is 382 g/mol. The summed E-state index contributed by atoms with van der Waals surface area (Å²) in [5.74, 6) is 0.766. The molecule has 2 fully saturated rings. The molecule has 146 valence electrons. The minimum atomic E-state index is -0.339. The quantitative estimate of drug-likeness (QED) is 0.780. The zero-order valence-electron chi connectivity index (χ0n) is 15.7. The topological polar surface area (TPSA) is 84.9 Å². The van der Waals surface area contributed by atoms with Gasteiger partial charge in [-0.3, -0.25) is 9.59 Å². The van der Waals surface area contributed by atoms with Gasteiger partial charge >= 0.3 is 0 Å². The molecule has 0 aliphatic carbocycles. The van der Waals surface area contributed by atoms with Crippen LogP contribution in [0.15, 0.2) is 42.6 Å². The third-order valence-corrected chi connectivity index (χ3v) is 5.13. The molecule has 8 nitrogen and oxygen atoms in total. The zero-order valence-corrected chi connectivity index (χ0v) is 15.7. The highest BCUT2D eigenvalue weighted by atomic mass is 16.5. The number of benzene rings is 1. The Morgan fingerprint density at radius 3 is 2.89 bits per heavy atom. The van der Waals surface area contributed by atoms with Crippen molar-refractivity contribution in [3.05, 3.63) is 42.6 Å². The molecule has 0 unspecified atom stereocenters. The Morgan fingerprint density at radius 2 is 2.11 bits per heavy atom. The fourth-order valence-corrected chi connectivity index (χ4v) is 3.70. The van der Waals surface area contributed by atoms with Crippen LogP contribution in [0.25, 0.3) is 0 Å². The predicted molar refractivity (Wildman–Crippen MR) is 101 cm³/mol. The van der Waals surface area contributed by atoms with Crippen molar-refractivity contribution in [3.63, 3.8) is 0 Å². The van der Waals surface area contributed by atoms with Crippen molar-refractivity contribution in [3.8, 4) is 11.6 Å². The molecule has 1 aromatic heterocycles. The fourth-order valence-electron chi connectivity index (χ4n) is 3.70. The number of rotatable bonds is 5. The Kier molecular flexibility index (Phi) is 5.10. The van der Waals surface area contributed by atoms with E-state index in [0.29, 0.717) is 31.3 Å². The molecule has 0 spiro atoms. The number of methoxy groups -OCH3 is 1. The molecule has 2 aromatic rings. The Labute approximate surface area is 163 Å². The number of carbonyl (C=O) groups excluding carboxylic acids is 2. The van der Waals surface area contributed by atoms with E-state index in [-0.39, 0.29) is 30.3 Å². The van der Waals surface area contributed by atoms with E-state index in [9.17, 15) is 9.59 Å². The summed E-state index contributed by atoms with van der Waals surface area (Å²) >= 11 is 0. The van der Waals surface area contributed by atoms with Crippen molar-refractivity contribution in [2.45, 2.75) is 18.9 Å². The highest BCUT2D eigenvalue weighted by Gasteiger charge is 2.39. The SMILES string of the molecule is COc1cccc(N2C[C@H](C(=O)N3CC[C@H](Oc4cccnn4)C3)CC2=O)c1. The molecule has 2 aliphatic heterocycles. The molecule has 0 bridgehead atoms. The summed E-state index contributed by atoms with van der Waals surface area (Å²) in [5, 5.41) is 7.71. The molecule has 2 aliphatic rings. The largest absolute Gasteiger partial charge is 0.497 e. The van der Waals surface area contributed by atoms with Gasteiger partial charge in [0.05, 0.1) is 19.6 Å². The first kappa shape index (κ1) is 18.2. The summed E-state index contributed by atoms with van der Waals surface area (Å²) in [6, 6.07) is 10.8. The number of hydrogen-bond donors (Lipinski definition) is 0. The van der Waals surface area contributed by atoms with Gasteiger partial charge in [-0.15, -0.1) is 5.10 Å². The number of hydrogen-bond acceptors (Lipinski definition) is 6. The van der Waals surface area contributed by atoms with Crippen LogP contribution in [0.1, 0.15) is 12.8 Å². The van der Waals surface area contributed by atoms with Gasteiger partial charge in [-0.05, 0) is 18.2 Å². The molecule has 4 rings (SSSR count). The summed E-state index contributed by atoms with van der Waals surface area (Å²) in [7, 11) is 1.59. The Balaban J connectivity index is 1.37. The minimum Gasteiger partial charge on any atom is -0.497 e. The molecule has 2 atom stereocenters. The van der Waals surface area contributed by atoms with Crippen molar-refractivity contribution in [2.24, 2.45) is 5.92 Å². The van der Waals surface area contributed by atoms with Crippen LogP contribution in [0.3, 0.4) is 0 Å². The van der Waals surface area contributed by atoms with Crippen molar-refractivity contribution in [1.29, 1.82) is 0 Å². The van der Waals surface area contributed by atoms with Crippen LogP contribution < -0.4 is 14.4 Å². The van der Waals surface area contributed by atoms with Gasteiger partial charge in [-0.25, -0.2) is 0 Å². The van der Waals surface area contributed by atoms with Gasteiger partial charge < -0.3 is 19.3 Å². The second kappa shape index (κ2) is 7.84. The van der Waals surface area contributed by atoms with E-state index in [2.05, 4.69) is 10.2 Å². The maximum atomic E-state index is 12.9. The van der Waals surface area contributed by atoms with Crippen LogP contribution >= 0.6 is 0 Å². The molecule has 0 N–H and O–H groups in total. The summed E-state index contributed by atoms with van der Waals surface area (Å²) in [6.07, 6.45) is 2.44. The van der Waals surface area contributed by atoms with Crippen molar-refractivity contribution in [2.75, 3.05) is 31.6 Å². The molecule has 0 radical (unpaired) electrons. The highest BCUT2D eigenvalue weighted by molar-refractivity contribution is 6.00. The molecular formula is C20H22N4O4. The van der Waals surface area contributed by atoms with Crippen molar-refractivity contribution in [1.82, 2.24) is 15.1 Å². The lowest BCUT2D eigenvalue weighted by molar-refractivity contribution is -0.135. The summed E-state index contributed by atoms with van der Waals surface area (Å²) in [6.45, 7) is 1.50. The van der Waals surface area contributed by atoms with Crippen LogP contribution in [-0.4, -0.2) is 59.8 Å². The van der Waals surface area contributed by atoms with Crippen LogP contribution in [0.2, 0.25) is 0 Å². The lowest BCUT2D eigenvalue weighted by Crippen LogP contribution is -2.37. The number of ether oxygens (including phenoxy) is 2. The molecule has 28 heavy (non-hydrogen) atoms. The highest BCUT2D eigenvalue weighted by Crippen LogP contribution is 2.29. The monoisotopic (exact) mass is 382 g/mol. The first-order chi connectivity index (χ1) is 13.6. The molecular weight excluding hydrogens is 360 g/mol. The van der Waals surface area contributed by atoms with Crippen molar-refractivity contribution >= 4 is 17.5 Å². The van der Waals surface area contributed by atoms with E-state index >= 15 is 0 Å². The molecule has 3 heterocycles. The second-order valence-electron chi connectivity index (χ2n) is 6.98. The Morgan fingerprint density at radius 1 is 1.21 bits per heavy atom.